The van der Waals surface area contributed by atoms with E-state index in [9.17, 15) is 0 Å². The molecule has 0 radical (unpaired) electrons. The molecule has 0 amide bonds. The van der Waals surface area contributed by atoms with Crippen LogP contribution in [0.3, 0.4) is 0 Å². The van der Waals surface area contributed by atoms with Crippen molar-refractivity contribution < 1.29 is 0 Å². The lowest BCUT2D eigenvalue weighted by Crippen LogP contribution is -1.93. The quantitative estimate of drug-likeness (QED) is 0.128. The molecule has 0 heteroatoms. The molecule has 0 aliphatic carbocycles. The van der Waals surface area contributed by atoms with Crippen molar-refractivity contribution in [1.29, 1.82) is 0 Å². The third-order valence-corrected chi connectivity index (χ3v) is 11.4. The molecule has 54 heavy (non-hydrogen) atoms. The van der Waals surface area contributed by atoms with Gasteiger partial charge in [0.25, 0.3) is 0 Å². The van der Waals surface area contributed by atoms with E-state index >= 15 is 0 Å². The molecule has 0 aliphatic heterocycles. The van der Waals surface area contributed by atoms with Gasteiger partial charge in [-0.3, -0.25) is 0 Å². The number of fused-ring (bicyclic) bond motifs is 7. The van der Waals surface area contributed by atoms with Gasteiger partial charge in [-0.2, -0.15) is 0 Å². The van der Waals surface area contributed by atoms with E-state index in [-0.39, 0.29) is 0 Å². The molecule has 0 unspecified atom stereocenters. The van der Waals surface area contributed by atoms with E-state index in [1.165, 1.54) is 109 Å². The highest BCUT2D eigenvalue weighted by Gasteiger charge is 2.20. The Balaban J connectivity index is 1.20. The lowest BCUT2D eigenvalue weighted by molar-refractivity contribution is 1.62. The highest BCUT2D eigenvalue weighted by Crippen LogP contribution is 2.47. The molecule has 0 nitrogen and oxygen atoms in total. The molecule has 11 rings (SSSR count). The summed E-state index contributed by atoms with van der Waals surface area (Å²) in [6.07, 6.45) is 0. The van der Waals surface area contributed by atoms with Gasteiger partial charge in [0, 0.05) is 0 Å². The Morgan fingerprint density at radius 3 is 1.37 bits per heavy atom. The minimum absolute atomic E-state index is 1.21. The molecule has 250 valence electrons. The normalized spacial score (nSPS) is 11.7. The molecular formula is C54H34. The maximum Gasteiger partial charge on any atom is -0.00201 e. The first-order valence-electron chi connectivity index (χ1n) is 18.8. The van der Waals surface area contributed by atoms with Gasteiger partial charge in [0.2, 0.25) is 0 Å². The van der Waals surface area contributed by atoms with Crippen molar-refractivity contribution in [2.75, 3.05) is 0 Å². The van der Waals surface area contributed by atoms with Gasteiger partial charge in [0.05, 0.1) is 0 Å². The fraction of sp³-hybridized carbons (Fsp3) is 0. The van der Waals surface area contributed by atoms with Crippen LogP contribution in [0.4, 0.5) is 0 Å². The van der Waals surface area contributed by atoms with Crippen molar-refractivity contribution in [3.05, 3.63) is 206 Å². The van der Waals surface area contributed by atoms with Gasteiger partial charge in [-0.05, 0) is 121 Å². The van der Waals surface area contributed by atoms with Crippen LogP contribution in [0, 0.1) is 0 Å². The van der Waals surface area contributed by atoms with Crippen LogP contribution in [0.5, 0.6) is 0 Å². The Labute approximate surface area is 314 Å². The zero-order valence-corrected chi connectivity index (χ0v) is 29.6. The summed E-state index contributed by atoms with van der Waals surface area (Å²) in [7, 11) is 0. The summed E-state index contributed by atoms with van der Waals surface area (Å²) in [5.41, 5.74) is 10.0. The topological polar surface area (TPSA) is 0 Å². The second kappa shape index (κ2) is 12.3. The summed E-state index contributed by atoms with van der Waals surface area (Å²) in [4.78, 5) is 0. The smallest absolute Gasteiger partial charge is 0.00201 e. The summed E-state index contributed by atoms with van der Waals surface area (Å²) in [6.45, 7) is 0. The van der Waals surface area contributed by atoms with Gasteiger partial charge in [-0.15, -0.1) is 0 Å². The Morgan fingerprint density at radius 2 is 0.667 bits per heavy atom. The molecular weight excluding hydrogens is 649 g/mol. The molecule has 11 aromatic rings. The average Bonchev–Trinajstić information content (AvgIpc) is 3.25. The monoisotopic (exact) mass is 682 g/mol. The molecule has 0 atom stereocenters. The maximum absolute atomic E-state index is 2.42. The fourth-order valence-electron chi connectivity index (χ4n) is 9.08. The minimum Gasteiger partial charge on any atom is -0.0616 e. The first kappa shape index (κ1) is 30.6. The number of benzene rings is 11. The third kappa shape index (κ3) is 4.71. The first-order chi connectivity index (χ1) is 26.8. The van der Waals surface area contributed by atoms with Gasteiger partial charge >= 0.3 is 0 Å². The predicted octanol–water partition coefficient (Wildman–Crippen LogP) is 15.3. The van der Waals surface area contributed by atoms with Crippen LogP contribution < -0.4 is 0 Å². The number of hydrogen-bond donors (Lipinski definition) is 0. The molecule has 0 saturated carbocycles. The average molecular weight is 683 g/mol. The minimum atomic E-state index is 1.21. The van der Waals surface area contributed by atoms with Crippen molar-refractivity contribution in [2.45, 2.75) is 0 Å². The van der Waals surface area contributed by atoms with Crippen molar-refractivity contribution in [1.82, 2.24) is 0 Å². The highest BCUT2D eigenvalue weighted by molar-refractivity contribution is 6.24. The van der Waals surface area contributed by atoms with E-state index < -0.39 is 0 Å². The summed E-state index contributed by atoms with van der Waals surface area (Å²) >= 11 is 0. The van der Waals surface area contributed by atoms with Crippen molar-refractivity contribution in [3.63, 3.8) is 0 Å². The van der Waals surface area contributed by atoms with Crippen LogP contribution in [0.1, 0.15) is 0 Å². The van der Waals surface area contributed by atoms with E-state index in [0.29, 0.717) is 0 Å². The standard InChI is InChI=1S/C54H34/c1-4-21-40-35(15-1)18-14-30-46(40)54-49-28-11-9-26-47(49)52(48-27-10-12-29-50(48)54)39-20-13-19-37(33-39)43-32-31-36-16-2-6-23-42(36)53(43)51-34-38-17-3-5-22-41(38)44-24-7-8-25-45(44)51/h1-34H. The molecule has 0 saturated heterocycles. The number of rotatable bonds is 4. The maximum atomic E-state index is 2.42. The summed E-state index contributed by atoms with van der Waals surface area (Å²) in [6, 6.07) is 76.2. The zero-order valence-electron chi connectivity index (χ0n) is 29.6. The molecule has 0 spiro atoms. The molecule has 0 bridgehead atoms. The Bertz CT molecular complexity index is 3210. The van der Waals surface area contributed by atoms with Crippen LogP contribution in [-0.2, 0) is 0 Å². The molecule has 11 aromatic carbocycles. The zero-order chi connectivity index (χ0) is 35.6. The van der Waals surface area contributed by atoms with Crippen molar-refractivity contribution >= 4 is 64.6 Å². The van der Waals surface area contributed by atoms with Crippen LogP contribution in [0.15, 0.2) is 206 Å². The van der Waals surface area contributed by atoms with E-state index in [1.54, 1.807) is 0 Å². The Hall–Kier alpha value is -7.02. The SMILES string of the molecule is c1cc(-c2ccc3ccccc3c2-c2cc3ccccc3c3ccccc23)cc(-c2c3ccccc3c(-c3cccc4ccccc34)c3ccccc23)c1. The van der Waals surface area contributed by atoms with Crippen LogP contribution in [-0.4, -0.2) is 0 Å². The molecule has 0 aromatic heterocycles. The van der Waals surface area contributed by atoms with Crippen molar-refractivity contribution in [2.24, 2.45) is 0 Å². The molecule has 0 fully saturated rings. The van der Waals surface area contributed by atoms with E-state index in [0.717, 1.165) is 0 Å². The molecule has 0 N–H and O–H groups in total. The summed E-state index contributed by atoms with van der Waals surface area (Å²) in [5.74, 6) is 0. The highest BCUT2D eigenvalue weighted by atomic mass is 14.2. The number of hydrogen-bond acceptors (Lipinski definition) is 0. The van der Waals surface area contributed by atoms with E-state index in [4.69, 9.17) is 0 Å². The fourth-order valence-corrected chi connectivity index (χ4v) is 9.08. The second-order valence-corrected chi connectivity index (χ2v) is 14.3. The van der Waals surface area contributed by atoms with Crippen LogP contribution in [0.2, 0.25) is 0 Å². The Kier molecular flexibility index (Phi) is 6.97. The lowest BCUT2D eigenvalue weighted by atomic mass is 9.83. The van der Waals surface area contributed by atoms with Crippen LogP contribution >= 0.6 is 0 Å². The van der Waals surface area contributed by atoms with Gasteiger partial charge in [0.15, 0.2) is 0 Å². The molecule has 0 heterocycles. The van der Waals surface area contributed by atoms with Gasteiger partial charge in [-0.1, -0.05) is 194 Å². The van der Waals surface area contributed by atoms with E-state index in [2.05, 4.69) is 206 Å². The van der Waals surface area contributed by atoms with Gasteiger partial charge in [0.1, 0.15) is 0 Å². The lowest BCUT2D eigenvalue weighted by Gasteiger charge is -2.20. The first-order valence-corrected chi connectivity index (χ1v) is 18.8. The Morgan fingerprint density at radius 1 is 0.185 bits per heavy atom. The van der Waals surface area contributed by atoms with Gasteiger partial charge < -0.3 is 0 Å². The summed E-state index contributed by atoms with van der Waals surface area (Å²) in [5, 5.41) is 15.2. The second-order valence-electron chi connectivity index (χ2n) is 14.3. The predicted molar refractivity (Wildman–Crippen MR) is 233 cm³/mol. The van der Waals surface area contributed by atoms with Crippen molar-refractivity contribution in [3.8, 4) is 44.5 Å². The van der Waals surface area contributed by atoms with E-state index in [1.807, 2.05) is 0 Å². The van der Waals surface area contributed by atoms with Crippen LogP contribution in [0.25, 0.3) is 109 Å². The van der Waals surface area contributed by atoms with Gasteiger partial charge in [-0.25, -0.2) is 0 Å². The molecule has 0 aliphatic rings. The third-order valence-electron chi connectivity index (χ3n) is 11.4. The summed E-state index contributed by atoms with van der Waals surface area (Å²) < 4.78 is 0. The largest absolute Gasteiger partial charge is 0.0616 e.